The first-order chi connectivity index (χ1) is 11.3. The lowest BCUT2D eigenvalue weighted by molar-refractivity contribution is 0.596. The summed E-state index contributed by atoms with van der Waals surface area (Å²) >= 11 is 0. The van der Waals surface area contributed by atoms with E-state index in [0.717, 1.165) is 12.1 Å². The number of nitrogens with zero attached hydrogens (tertiary/aromatic N) is 4. The average molecular weight is 311 g/mol. The molecule has 2 aromatic heterocycles. The minimum Gasteiger partial charge on any atom is -0.367 e. The molecule has 2 heterocycles. The quantitative estimate of drug-likeness (QED) is 0.760. The van der Waals surface area contributed by atoms with Crippen molar-refractivity contribution >= 4 is 5.82 Å². The SMILES string of the molecule is CCc1ncnc(NCCc2ccc(-n3cccn3)cc2)c1F. The van der Waals surface area contributed by atoms with Crippen molar-refractivity contribution in [3.8, 4) is 5.69 Å². The van der Waals surface area contributed by atoms with E-state index in [9.17, 15) is 4.39 Å². The molecule has 0 saturated carbocycles. The molecule has 3 aromatic rings. The highest BCUT2D eigenvalue weighted by Crippen LogP contribution is 2.14. The van der Waals surface area contributed by atoms with Gasteiger partial charge in [-0.25, -0.2) is 19.0 Å². The molecule has 0 fully saturated rings. The smallest absolute Gasteiger partial charge is 0.186 e. The van der Waals surface area contributed by atoms with E-state index in [1.807, 2.05) is 48.1 Å². The van der Waals surface area contributed by atoms with Gasteiger partial charge in [0.25, 0.3) is 0 Å². The van der Waals surface area contributed by atoms with Crippen molar-refractivity contribution in [3.63, 3.8) is 0 Å². The van der Waals surface area contributed by atoms with Gasteiger partial charge >= 0.3 is 0 Å². The van der Waals surface area contributed by atoms with E-state index in [1.165, 1.54) is 11.9 Å². The van der Waals surface area contributed by atoms with Crippen LogP contribution in [0.25, 0.3) is 5.69 Å². The molecule has 0 aliphatic heterocycles. The lowest BCUT2D eigenvalue weighted by Gasteiger charge is -2.09. The van der Waals surface area contributed by atoms with Crippen molar-refractivity contribution in [1.29, 1.82) is 0 Å². The van der Waals surface area contributed by atoms with E-state index in [4.69, 9.17) is 0 Å². The van der Waals surface area contributed by atoms with Crippen molar-refractivity contribution in [2.75, 3.05) is 11.9 Å². The van der Waals surface area contributed by atoms with Gasteiger partial charge in [0.1, 0.15) is 6.33 Å². The lowest BCUT2D eigenvalue weighted by atomic mass is 10.1. The van der Waals surface area contributed by atoms with Gasteiger partial charge in [0.05, 0.1) is 11.4 Å². The fourth-order valence-electron chi connectivity index (χ4n) is 2.34. The van der Waals surface area contributed by atoms with E-state index in [-0.39, 0.29) is 11.6 Å². The van der Waals surface area contributed by atoms with E-state index in [2.05, 4.69) is 20.4 Å². The molecule has 1 N–H and O–H groups in total. The molecule has 0 radical (unpaired) electrons. The second-order valence-corrected chi connectivity index (χ2v) is 5.13. The summed E-state index contributed by atoms with van der Waals surface area (Å²) in [6.45, 7) is 2.48. The van der Waals surface area contributed by atoms with Crippen molar-refractivity contribution in [2.24, 2.45) is 0 Å². The summed E-state index contributed by atoms with van der Waals surface area (Å²) in [6.07, 6.45) is 6.38. The maximum atomic E-state index is 14.0. The molecule has 0 spiro atoms. The molecule has 118 valence electrons. The molecule has 0 unspecified atom stereocenters. The Bertz CT molecular complexity index is 753. The van der Waals surface area contributed by atoms with Crippen LogP contribution in [0.2, 0.25) is 0 Å². The molecule has 0 bridgehead atoms. The number of aromatic nitrogens is 4. The van der Waals surface area contributed by atoms with Crippen molar-refractivity contribution in [2.45, 2.75) is 19.8 Å². The number of hydrogen-bond donors (Lipinski definition) is 1. The Morgan fingerprint density at radius 2 is 2.00 bits per heavy atom. The first-order valence-corrected chi connectivity index (χ1v) is 7.60. The van der Waals surface area contributed by atoms with Gasteiger partial charge in [0.2, 0.25) is 0 Å². The fourth-order valence-corrected chi connectivity index (χ4v) is 2.34. The third kappa shape index (κ3) is 3.53. The zero-order chi connectivity index (χ0) is 16.1. The van der Waals surface area contributed by atoms with Crippen molar-refractivity contribution in [1.82, 2.24) is 19.7 Å². The van der Waals surface area contributed by atoms with Crippen LogP contribution in [-0.4, -0.2) is 26.3 Å². The standard InChI is InChI=1S/C17H18FN5/c1-2-15-16(18)17(21-12-20-15)19-10-8-13-4-6-14(7-5-13)23-11-3-9-22-23/h3-7,9,11-12H,2,8,10H2,1H3,(H,19,20,21). The van der Waals surface area contributed by atoms with Crippen LogP contribution < -0.4 is 5.32 Å². The van der Waals surface area contributed by atoms with Crippen LogP contribution in [0.4, 0.5) is 10.2 Å². The van der Waals surface area contributed by atoms with Gasteiger partial charge in [0, 0.05) is 18.9 Å². The van der Waals surface area contributed by atoms with Crippen LogP contribution >= 0.6 is 0 Å². The molecule has 23 heavy (non-hydrogen) atoms. The maximum Gasteiger partial charge on any atom is 0.186 e. The zero-order valence-corrected chi connectivity index (χ0v) is 12.9. The summed E-state index contributed by atoms with van der Waals surface area (Å²) in [4.78, 5) is 7.88. The number of nitrogens with one attached hydrogen (secondary N) is 1. The third-order valence-electron chi connectivity index (χ3n) is 3.61. The van der Waals surface area contributed by atoms with Crippen LogP contribution in [0, 0.1) is 5.82 Å². The maximum absolute atomic E-state index is 14.0. The Kier molecular flexibility index (Phi) is 4.61. The van der Waals surface area contributed by atoms with E-state index >= 15 is 0 Å². The Labute approximate surface area is 134 Å². The molecular weight excluding hydrogens is 293 g/mol. The topological polar surface area (TPSA) is 55.6 Å². The third-order valence-corrected chi connectivity index (χ3v) is 3.61. The van der Waals surface area contributed by atoms with Gasteiger partial charge in [-0.05, 0) is 36.6 Å². The minimum atomic E-state index is -0.357. The molecule has 5 nitrogen and oxygen atoms in total. The molecule has 0 atom stereocenters. The number of halogens is 1. The normalized spacial score (nSPS) is 10.7. The lowest BCUT2D eigenvalue weighted by Crippen LogP contribution is -2.10. The molecule has 3 rings (SSSR count). The van der Waals surface area contributed by atoms with E-state index in [0.29, 0.717) is 18.7 Å². The number of aryl methyl sites for hydroxylation is 1. The highest BCUT2D eigenvalue weighted by molar-refractivity contribution is 5.38. The van der Waals surface area contributed by atoms with Crippen LogP contribution in [0.5, 0.6) is 0 Å². The summed E-state index contributed by atoms with van der Waals surface area (Å²) in [7, 11) is 0. The molecule has 0 aliphatic rings. The Balaban J connectivity index is 1.59. The predicted octanol–water partition coefficient (Wildman–Crippen LogP) is 3.02. The minimum absolute atomic E-state index is 0.269. The van der Waals surface area contributed by atoms with Crippen molar-refractivity contribution < 1.29 is 4.39 Å². The monoisotopic (exact) mass is 311 g/mol. The van der Waals surface area contributed by atoms with E-state index < -0.39 is 0 Å². The number of hydrogen-bond acceptors (Lipinski definition) is 4. The molecule has 0 amide bonds. The van der Waals surface area contributed by atoms with Crippen LogP contribution in [0.15, 0.2) is 49.1 Å². The molecule has 1 aromatic carbocycles. The first kappa shape index (κ1) is 15.1. The Hall–Kier alpha value is -2.76. The fraction of sp³-hybridized carbons (Fsp3) is 0.235. The molecular formula is C17H18FN5. The predicted molar refractivity (Wildman–Crippen MR) is 87.1 cm³/mol. The van der Waals surface area contributed by atoms with Gasteiger partial charge in [-0.2, -0.15) is 5.10 Å². The Morgan fingerprint density at radius 1 is 1.17 bits per heavy atom. The summed E-state index contributed by atoms with van der Waals surface area (Å²) in [5.74, 6) is -0.0889. The van der Waals surface area contributed by atoms with Crippen molar-refractivity contribution in [3.05, 3.63) is 66.1 Å². The largest absolute Gasteiger partial charge is 0.367 e. The van der Waals surface area contributed by atoms with Gasteiger partial charge in [-0.1, -0.05) is 19.1 Å². The number of anilines is 1. The van der Waals surface area contributed by atoms with Crippen LogP contribution in [-0.2, 0) is 12.8 Å². The number of benzene rings is 1. The molecule has 0 aliphatic carbocycles. The first-order valence-electron chi connectivity index (χ1n) is 7.60. The average Bonchev–Trinajstić information content (AvgIpc) is 3.11. The van der Waals surface area contributed by atoms with Crippen LogP contribution in [0.3, 0.4) is 0 Å². The molecule has 6 heteroatoms. The summed E-state index contributed by atoms with van der Waals surface area (Å²) < 4.78 is 15.8. The van der Waals surface area contributed by atoms with Crippen LogP contribution in [0.1, 0.15) is 18.2 Å². The number of rotatable bonds is 6. The zero-order valence-electron chi connectivity index (χ0n) is 12.9. The van der Waals surface area contributed by atoms with E-state index in [1.54, 1.807) is 6.20 Å². The summed E-state index contributed by atoms with van der Waals surface area (Å²) in [6, 6.07) is 10.0. The Morgan fingerprint density at radius 3 is 2.70 bits per heavy atom. The second kappa shape index (κ2) is 7.00. The van der Waals surface area contributed by atoms with Gasteiger partial charge in [-0.3, -0.25) is 0 Å². The van der Waals surface area contributed by atoms with Gasteiger partial charge in [-0.15, -0.1) is 0 Å². The summed E-state index contributed by atoms with van der Waals surface area (Å²) in [5.41, 5.74) is 2.62. The van der Waals surface area contributed by atoms with Gasteiger partial charge < -0.3 is 5.32 Å². The highest BCUT2D eigenvalue weighted by Gasteiger charge is 2.08. The second-order valence-electron chi connectivity index (χ2n) is 5.13. The highest BCUT2D eigenvalue weighted by atomic mass is 19.1. The molecule has 0 saturated heterocycles. The summed E-state index contributed by atoms with van der Waals surface area (Å²) in [5, 5.41) is 7.23. The van der Waals surface area contributed by atoms with Gasteiger partial charge in [0.15, 0.2) is 11.6 Å².